The van der Waals surface area contributed by atoms with E-state index in [1.54, 1.807) is 24.3 Å². The van der Waals surface area contributed by atoms with Gasteiger partial charge in [-0.05, 0) is 36.4 Å². The number of hydrogen-bond donors (Lipinski definition) is 3. The molecule has 2 rings (SSSR count). The SMILES string of the molecule is CNC(=O)Nc1ccc(NC(=O)c2ccc([N+](=O)[O-])cc2)cc1. The molecule has 8 nitrogen and oxygen atoms in total. The molecule has 0 aliphatic rings. The second-order valence-corrected chi connectivity index (χ2v) is 4.54. The standard InChI is InChI=1S/C15H14N4O4/c1-16-15(21)18-12-6-4-11(5-7-12)17-14(20)10-2-8-13(9-3-10)19(22)23/h2-9H,1H3,(H,17,20)(H2,16,18,21). The third-order valence-corrected chi connectivity index (χ3v) is 2.97. The number of carbonyl (C=O) groups excluding carboxylic acids is 2. The Hall–Kier alpha value is -3.42. The molecule has 3 N–H and O–H groups in total. The van der Waals surface area contributed by atoms with Crippen molar-refractivity contribution in [3.05, 3.63) is 64.2 Å². The summed E-state index contributed by atoms with van der Waals surface area (Å²) in [5, 5.41) is 18.3. The number of non-ortho nitro benzene ring substituents is 1. The van der Waals surface area contributed by atoms with E-state index >= 15 is 0 Å². The van der Waals surface area contributed by atoms with Crippen molar-refractivity contribution in [3.63, 3.8) is 0 Å². The Labute approximate surface area is 131 Å². The molecule has 0 fully saturated rings. The average Bonchev–Trinajstić information content (AvgIpc) is 2.56. The lowest BCUT2D eigenvalue weighted by molar-refractivity contribution is -0.384. The molecule has 0 saturated heterocycles. The van der Waals surface area contributed by atoms with Crippen LogP contribution >= 0.6 is 0 Å². The van der Waals surface area contributed by atoms with E-state index in [0.717, 1.165) is 0 Å². The van der Waals surface area contributed by atoms with Crippen LogP contribution in [-0.2, 0) is 0 Å². The molecule has 0 radical (unpaired) electrons. The van der Waals surface area contributed by atoms with E-state index in [-0.39, 0.29) is 17.6 Å². The fraction of sp³-hybridized carbons (Fsp3) is 0.0667. The van der Waals surface area contributed by atoms with Crippen molar-refractivity contribution in [1.29, 1.82) is 0 Å². The topological polar surface area (TPSA) is 113 Å². The Morgan fingerprint density at radius 3 is 1.91 bits per heavy atom. The van der Waals surface area contributed by atoms with Gasteiger partial charge in [0.25, 0.3) is 11.6 Å². The third-order valence-electron chi connectivity index (χ3n) is 2.97. The van der Waals surface area contributed by atoms with Crippen LogP contribution in [0.4, 0.5) is 21.9 Å². The first-order valence-electron chi connectivity index (χ1n) is 6.64. The number of benzene rings is 2. The van der Waals surface area contributed by atoms with Crippen molar-refractivity contribution < 1.29 is 14.5 Å². The molecule has 2 aromatic carbocycles. The molecule has 0 unspecified atom stereocenters. The molecule has 0 bridgehead atoms. The maximum Gasteiger partial charge on any atom is 0.318 e. The van der Waals surface area contributed by atoms with Gasteiger partial charge in [-0.25, -0.2) is 4.79 Å². The lowest BCUT2D eigenvalue weighted by Crippen LogP contribution is -2.24. The average molecular weight is 314 g/mol. The molecule has 0 aromatic heterocycles. The fourth-order valence-corrected chi connectivity index (χ4v) is 1.77. The van der Waals surface area contributed by atoms with Crippen molar-refractivity contribution in [2.24, 2.45) is 0 Å². The van der Waals surface area contributed by atoms with Crippen molar-refractivity contribution >= 4 is 29.0 Å². The number of rotatable bonds is 4. The van der Waals surface area contributed by atoms with Gasteiger partial charge in [0, 0.05) is 36.1 Å². The number of nitro groups is 1. The van der Waals surface area contributed by atoms with Gasteiger partial charge in [-0.3, -0.25) is 14.9 Å². The molecule has 0 atom stereocenters. The number of nitrogens with zero attached hydrogens (tertiary/aromatic N) is 1. The number of hydrogen-bond acceptors (Lipinski definition) is 4. The maximum atomic E-state index is 12.0. The highest BCUT2D eigenvalue weighted by Crippen LogP contribution is 2.16. The molecule has 23 heavy (non-hydrogen) atoms. The van der Waals surface area contributed by atoms with Gasteiger partial charge in [-0.2, -0.15) is 0 Å². The Morgan fingerprint density at radius 1 is 0.913 bits per heavy atom. The van der Waals surface area contributed by atoms with Crippen molar-refractivity contribution in [1.82, 2.24) is 5.32 Å². The molecule has 0 aliphatic carbocycles. The second-order valence-electron chi connectivity index (χ2n) is 4.54. The summed E-state index contributed by atoms with van der Waals surface area (Å²) in [5.41, 5.74) is 1.35. The molecule has 8 heteroatoms. The minimum Gasteiger partial charge on any atom is -0.341 e. The van der Waals surface area contributed by atoms with Crippen LogP contribution in [0.15, 0.2) is 48.5 Å². The number of nitro benzene ring substituents is 1. The van der Waals surface area contributed by atoms with Gasteiger partial charge in [0.1, 0.15) is 0 Å². The molecular weight excluding hydrogens is 300 g/mol. The zero-order valence-electron chi connectivity index (χ0n) is 12.2. The first kappa shape index (κ1) is 16.0. The summed E-state index contributed by atoms with van der Waals surface area (Å²) in [4.78, 5) is 33.3. The minimum absolute atomic E-state index is 0.0776. The zero-order chi connectivity index (χ0) is 16.8. The van der Waals surface area contributed by atoms with Gasteiger partial charge in [-0.1, -0.05) is 0 Å². The fourth-order valence-electron chi connectivity index (χ4n) is 1.77. The number of carbonyl (C=O) groups is 2. The van der Waals surface area contributed by atoms with E-state index in [1.165, 1.54) is 31.3 Å². The number of urea groups is 1. The van der Waals surface area contributed by atoms with E-state index in [9.17, 15) is 19.7 Å². The Balaban J connectivity index is 2.02. The van der Waals surface area contributed by atoms with Crippen molar-refractivity contribution in [2.75, 3.05) is 17.7 Å². The molecule has 0 saturated carbocycles. The van der Waals surface area contributed by atoms with Gasteiger partial charge in [-0.15, -0.1) is 0 Å². The van der Waals surface area contributed by atoms with Crippen LogP contribution in [0.25, 0.3) is 0 Å². The highest BCUT2D eigenvalue weighted by molar-refractivity contribution is 6.04. The van der Waals surface area contributed by atoms with Crippen LogP contribution in [0.3, 0.4) is 0 Å². The Kier molecular flexibility index (Phi) is 4.88. The van der Waals surface area contributed by atoms with Crippen LogP contribution in [0, 0.1) is 10.1 Å². The summed E-state index contributed by atoms with van der Waals surface area (Å²) in [7, 11) is 1.51. The van der Waals surface area contributed by atoms with Gasteiger partial charge in [0.05, 0.1) is 4.92 Å². The minimum atomic E-state index is -0.528. The predicted molar refractivity (Wildman–Crippen MR) is 85.6 cm³/mol. The molecular formula is C15H14N4O4. The van der Waals surface area contributed by atoms with Crippen LogP contribution in [0.1, 0.15) is 10.4 Å². The molecule has 2 aromatic rings. The first-order chi connectivity index (χ1) is 11.0. The lowest BCUT2D eigenvalue weighted by Gasteiger charge is -2.07. The van der Waals surface area contributed by atoms with Crippen LogP contribution in [-0.4, -0.2) is 23.9 Å². The maximum absolute atomic E-state index is 12.0. The number of amides is 3. The van der Waals surface area contributed by atoms with Gasteiger partial charge in [0.15, 0.2) is 0 Å². The summed E-state index contributed by atoms with van der Waals surface area (Å²) in [5.74, 6) is -0.382. The van der Waals surface area contributed by atoms with Gasteiger partial charge < -0.3 is 16.0 Å². The normalized spacial score (nSPS) is 9.78. The highest BCUT2D eigenvalue weighted by atomic mass is 16.6. The monoisotopic (exact) mass is 314 g/mol. The second kappa shape index (κ2) is 7.03. The molecule has 0 aliphatic heterocycles. The van der Waals surface area contributed by atoms with E-state index < -0.39 is 4.92 Å². The van der Waals surface area contributed by atoms with Gasteiger partial charge >= 0.3 is 6.03 Å². The van der Waals surface area contributed by atoms with Crippen LogP contribution in [0.2, 0.25) is 0 Å². The van der Waals surface area contributed by atoms with E-state index in [0.29, 0.717) is 16.9 Å². The third kappa shape index (κ3) is 4.27. The summed E-state index contributed by atoms with van der Waals surface area (Å²) >= 11 is 0. The smallest absolute Gasteiger partial charge is 0.318 e. The Morgan fingerprint density at radius 2 is 1.43 bits per heavy atom. The summed E-state index contributed by atoms with van der Waals surface area (Å²) in [6.07, 6.45) is 0. The lowest BCUT2D eigenvalue weighted by atomic mass is 10.2. The van der Waals surface area contributed by atoms with E-state index in [4.69, 9.17) is 0 Å². The van der Waals surface area contributed by atoms with Crippen LogP contribution in [0.5, 0.6) is 0 Å². The molecule has 0 spiro atoms. The van der Waals surface area contributed by atoms with E-state index in [1.807, 2.05) is 0 Å². The molecule has 0 heterocycles. The highest BCUT2D eigenvalue weighted by Gasteiger charge is 2.09. The summed E-state index contributed by atoms with van der Waals surface area (Å²) < 4.78 is 0. The zero-order valence-corrected chi connectivity index (χ0v) is 12.2. The molecule has 3 amide bonds. The number of anilines is 2. The van der Waals surface area contributed by atoms with E-state index in [2.05, 4.69) is 16.0 Å². The quantitative estimate of drug-likeness (QED) is 0.594. The predicted octanol–water partition coefficient (Wildman–Crippen LogP) is 2.60. The number of nitrogens with one attached hydrogen (secondary N) is 3. The van der Waals surface area contributed by atoms with Gasteiger partial charge in [0.2, 0.25) is 0 Å². The first-order valence-corrected chi connectivity index (χ1v) is 6.64. The van der Waals surface area contributed by atoms with Crippen molar-refractivity contribution in [2.45, 2.75) is 0 Å². The molecule has 118 valence electrons. The largest absolute Gasteiger partial charge is 0.341 e. The summed E-state index contributed by atoms with van der Waals surface area (Å²) in [6, 6.07) is 11.5. The summed E-state index contributed by atoms with van der Waals surface area (Å²) in [6.45, 7) is 0. The van der Waals surface area contributed by atoms with Crippen LogP contribution < -0.4 is 16.0 Å². The van der Waals surface area contributed by atoms with Crippen molar-refractivity contribution in [3.8, 4) is 0 Å². The Bertz CT molecular complexity index is 726.